The second kappa shape index (κ2) is 7.68. The smallest absolute Gasteiger partial charge is 0.0717 e. The Labute approximate surface area is 161 Å². The summed E-state index contributed by atoms with van der Waals surface area (Å²) in [5.74, 6) is 0. The van der Waals surface area contributed by atoms with Gasteiger partial charge in [0.2, 0.25) is 0 Å². The molecule has 4 rings (SSSR count). The van der Waals surface area contributed by atoms with Crippen molar-refractivity contribution in [3.8, 4) is 0 Å². The molecule has 0 aliphatic carbocycles. The number of fused-ring (bicyclic) bond motifs is 2. The maximum atomic E-state index is 5.97. The van der Waals surface area contributed by atoms with Gasteiger partial charge >= 0.3 is 0 Å². The van der Waals surface area contributed by atoms with Crippen LogP contribution in [0.2, 0.25) is 0 Å². The number of hydrogen-bond acceptors (Lipinski definition) is 3. The topological polar surface area (TPSA) is 15.7 Å². The Balaban J connectivity index is 1.47. The van der Waals surface area contributed by atoms with Crippen LogP contribution in [0.4, 0.5) is 22.7 Å². The second-order valence-electron chi connectivity index (χ2n) is 6.69. The zero-order valence-corrected chi connectivity index (χ0v) is 15.6. The zero-order valence-electron chi connectivity index (χ0n) is 15.6. The molecule has 0 N–H and O–H groups in total. The van der Waals surface area contributed by atoms with Crippen LogP contribution >= 0.6 is 0 Å². The lowest BCUT2D eigenvalue weighted by Gasteiger charge is -2.38. The van der Waals surface area contributed by atoms with Gasteiger partial charge in [0.15, 0.2) is 0 Å². The van der Waals surface area contributed by atoms with Crippen molar-refractivity contribution in [2.45, 2.75) is 6.61 Å². The molecule has 0 saturated carbocycles. The summed E-state index contributed by atoms with van der Waals surface area (Å²) in [6, 6.07) is 25.4. The molecular formula is C24H24N2O. The molecule has 1 aliphatic heterocycles. The van der Waals surface area contributed by atoms with Crippen molar-refractivity contribution in [3.63, 3.8) is 0 Å². The lowest BCUT2D eigenvalue weighted by Crippen LogP contribution is -2.29. The number of benzene rings is 3. The Morgan fingerprint density at radius 2 is 1.37 bits per heavy atom. The van der Waals surface area contributed by atoms with E-state index in [1.165, 1.54) is 28.3 Å². The molecule has 3 nitrogen and oxygen atoms in total. The van der Waals surface area contributed by atoms with Gasteiger partial charge in [-0.2, -0.15) is 0 Å². The van der Waals surface area contributed by atoms with Crippen molar-refractivity contribution in [1.82, 2.24) is 0 Å². The highest BCUT2D eigenvalue weighted by Crippen LogP contribution is 2.46. The van der Waals surface area contributed by atoms with Crippen LogP contribution in [0.25, 0.3) is 6.08 Å². The molecule has 1 aliphatic rings. The van der Waals surface area contributed by atoms with E-state index in [9.17, 15) is 0 Å². The second-order valence-corrected chi connectivity index (χ2v) is 6.69. The molecule has 0 radical (unpaired) electrons. The molecule has 3 aromatic rings. The van der Waals surface area contributed by atoms with E-state index in [4.69, 9.17) is 4.74 Å². The van der Waals surface area contributed by atoms with Crippen LogP contribution < -0.4 is 9.80 Å². The van der Waals surface area contributed by atoms with Crippen LogP contribution in [0.15, 0.2) is 79.4 Å². The Hall–Kier alpha value is -3.04. The Morgan fingerprint density at radius 1 is 0.815 bits per heavy atom. The maximum absolute atomic E-state index is 5.97. The highest BCUT2D eigenvalue weighted by Gasteiger charge is 2.25. The van der Waals surface area contributed by atoms with Crippen LogP contribution in [0.5, 0.6) is 0 Å². The van der Waals surface area contributed by atoms with E-state index >= 15 is 0 Å². The molecule has 0 fully saturated rings. The summed E-state index contributed by atoms with van der Waals surface area (Å²) >= 11 is 0. The van der Waals surface area contributed by atoms with E-state index in [1.807, 2.05) is 6.08 Å². The molecule has 3 aromatic carbocycles. The first-order valence-corrected chi connectivity index (χ1v) is 9.26. The van der Waals surface area contributed by atoms with Crippen molar-refractivity contribution in [2.75, 3.05) is 30.0 Å². The van der Waals surface area contributed by atoms with E-state index in [2.05, 4.69) is 96.2 Å². The summed E-state index contributed by atoms with van der Waals surface area (Å²) in [7, 11) is 2.12. The summed E-state index contributed by atoms with van der Waals surface area (Å²) in [6.45, 7) is 5.88. The Kier molecular flexibility index (Phi) is 4.95. The summed E-state index contributed by atoms with van der Waals surface area (Å²) in [5, 5.41) is 0. The van der Waals surface area contributed by atoms with Crippen molar-refractivity contribution in [3.05, 3.63) is 90.5 Å². The number of anilines is 4. The molecule has 0 unspecified atom stereocenters. The quantitative estimate of drug-likeness (QED) is 0.522. The van der Waals surface area contributed by atoms with Crippen LogP contribution in [0.1, 0.15) is 11.1 Å². The monoisotopic (exact) mass is 356 g/mol. The molecule has 3 heteroatoms. The van der Waals surface area contributed by atoms with Gasteiger partial charge in [-0.25, -0.2) is 0 Å². The van der Waals surface area contributed by atoms with Gasteiger partial charge in [0.05, 0.1) is 36.0 Å². The fourth-order valence-electron chi connectivity index (χ4n) is 3.55. The van der Waals surface area contributed by atoms with E-state index in [0.717, 1.165) is 12.1 Å². The van der Waals surface area contributed by atoms with Gasteiger partial charge < -0.3 is 14.5 Å². The normalized spacial score (nSPS) is 12.5. The summed E-state index contributed by atoms with van der Waals surface area (Å²) < 4.78 is 5.97. The number of nitrogens with zero attached hydrogens (tertiary/aromatic N) is 2. The summed E-state index contributed by atoms with van der Waals surface area (Å²) in [4.78, 5) is 4.61. The molecule has 0 saturated heterocycles. The van der Waals surface area contributed by atoms with Gasteiger partial charge in [-0.3, -0.25) is 0 Å². The van der Waals surface area contributed by atoms with E-state index in [0.29, 0.717) is 13.2 Å². The van der Waals surface area contributed by atoms with Gasteiger partial charge in [0, 0.05) is 13.6 Å². The SMILES string of the molecule is C=Cc1ccc(COCCN2c3ccccc3N(C)c3ccccc32)cc1. The molecule has 0 spiro atoms. The third-order valence-corrected chi connectivity index (χ3v) is 5.01. The molecule has 1 heterocycles. The van der Waals surface area contributed by atoms with Crippen molar-refractivity contribution >= 4 is 28.8 Å². The molecular weight excluding hydrogens is 332 g/mol. The number of rotatable bonds is 6. The van der Waals surface area contributed by atoms with Crippen LogP contribution in [-0.4, -0.2) is 20.2 Å². The van der Waals surface area contributed by atoms with Gasteiger partial charge in [-0.1, -0.05) is 61.2 Å². The molecule has 0 atom stereocenters. The summed E-state index contributed by atoms with van der Waals surface area (Å²) in [6.07, 6.45) is 1.85. The molecule has 0 aromatic heterocycles. The molecule has 27 heavy (non-hydrogen) atoms. The molecule has 0 amide bonds. The largest absolute Gasteiger partial charge is 0.375 e. The van der Waals surface area contributed by atoms with Crippen molar-refractivity contribution < 1.29 is 4.74 Å². The minimum atomic E-state index is 0.620. The lowest BCUT2D eigenvalue weighted by atomic mass is 10.1. The lowest BCUT2D eigenvalue weighted by molar-refractivity contribution is 0.128. The third kappa shape index (κ3) is 3.46. The molecule has 0 bridgehead atoms. The predicted molar refractivity (Wildman–Crippen MR) is 114 cm³/mol. The van der Waals surface area contributed by atoms with Gasteiger partial charge in [0.1, 0.15) is 0 Å². The fraction of sp³-hybridized carbons (Fsp3) is 0.167. The Morgan fingerprint density at radius 3 is 1.93 bits per heavy atom. The zero-order chi connectivity index (χ0) is 18.6. The number of ether oxygens (including phenoxy) is 1. The van der Waals surface area contributed by atoms with Crippen LogP contribution in [0.3, 0.4) is 0 Å². The third-order valence-electron chi connectivity index (χ3n) is 5.01. The minimum Gasteiger partial charge on any atom is -0.375 e. The van der Waals surface area contributed by atoms with E-state index in [-0.39, 0.29) is 0 Å². The fourth-order valence-corrected chi connectivity index (χ4v) is 3.55. The Bertz CT molecular complexity index is 886. The molecule has 136 valence electrons. The standard InChI is InChI=1S/C24H24N2O/c1-3-19-12-14-20(15-13-19)18-27-17-16-26-23-10-6-4-8-21(23)25(2)22-9-5-7-11-24(22)26/h3-15H,1,16-18H2,2H3. The van der Waals surface area contributed by atoms with Crippen LogP contribution in [-0.2, 0) is 11.3 Å². The van der Waals surface area contributed by atoms with Gasteiger partial charge in [-0.15, -0.1) is 0 Å². The first-order chi connectivity index (χ1) is 13.3. The average Bonchev–Trinajstić information content (AvgIpc) is 2.73. The van der Waals surface area contributed by atoms with Crippen molar-refractivity contribution in [1.29, 1.82) is 0 Å². The first-order valence-electron chi connectivity index (χ1n) is 9.26. The highest BCUT2D eigenvalue weighted by atomic mass is 16.5. The average molecular weight is 356 g/mol. The minimum absolute atomic E-state index is 0.620. The van der Waals surface area contributed by atoms with Gasteiger partial charge in [0.25, 0.3) is 0 Å². The van der Waals surface area contributed by atoms with Crippen molar-refractivity contribution in [2.24, 2.45) is 0 Å². The van der Waals surface area contributed by atoms with Crippen LogP contribution in [0, 0.1) is 0 Å². The van der Waals surface area contributed by atoms with E-state index in [1.54, 1.807) is 0 Å². The maximum Gasteiger partial charge on any atom is 0.0717 e. The predicted octanol–water partition coefficient (Wildman–Crippen LogP) is 5.77. The highest BCUT2D eigenvalue weighted by molar-refractivity contribution is 5.92. The summed E-state index contributed by atoms with van der Waals surface area (Å²) in [5.41, 5.74) is 7.19. The number of hydrogen-bond donors (Lipinski definition) is 0. The first kappa shape index (κ1) is 17.4. The number of para-hydroxylation sites is 4. The van der Waals surface area contributed by atoms with E-state index < -0.39 is 0 Å². The van der Waals surface area contributed by atoms with Gasteiger partial charge in [-0.05, 0) is 35.4 Å².